The number of fused-ring (bicyclic) bond motifs is 1. The van der Waals surface area contributed by atoms with Gasteiger partial charge in [0.05, 0.1) is 43.7 Å². The Bertz CT molecular complexity index is 1350. The summed E-state index contributed by atoms with van der Waals surface area (Å²) >= 11 is 0. The summed E-state index contributed by atoms with van der Waals surface area (Å²) < 4.78 is 17.3. The molecule has 2 aromatic carbocycles. The van der Waals surface area contributed by atoms with Crippen LogP contribution in [0.5, 0.6) is 5.75 Å². The average Bonchev–Trinajstić information content (AvgIpc) is 3.45. The molecule has 0 spiro atoms. The van der Waals surface area contributed by atoms with Crippen LogP contribution in [-0.4, -0.2) is 103 Å². The van der Waals surface area contributed by atoms with Crippen molar-refractivity contribution in [1.29, 1.82) is 0 Å². The number of nitrogens with one attached hydrogen (secondary N) is 2. The molecule has 9 heteroatoms. The molecular formula is C33H43N5O4. The highest BCUT2D eigenvalue weighted by Crippen LogP contribution is 2.34. The Balaban J connectivity index is 1.01. The predicted molar refractivity (Wildman–Crippen MR) is 162 cm³/mol. The number of carbonyl (C=O) groups excluding carboxylic acids is 1. The molecule has 0 unspecified atom stereocenters. The Hall–Kier alpha value is -2.98. The second-order valence-electron chi connectivity index (χ2n) is 12.5. The molecular weight excluding hydrogens is 530 g/mol. The minimum Gasteiger partial charge on any atom is -0.490 e. The molecule has 9 nitrogen and oxygen atoms in total. The molecule has 1 aliphatic carbocycles. The predicted octanol–water partition coefficient (Wildman–Crippen LogP) is 4.24. The Labute approximate surface area is 247 Å². The zero-order valence-corrected chi connectivity index (χ0v) is 24.5. The lowest BCUT2D eigenvalue weighted by atomic mass is 9.79. The van der Waals surface area contributed by atoms with Gasteiger partial charge in [-0.2, -0.15) is 5.10 Å². The lowest BCUT2D eigenvalue weighted by molar-refractivity contribution is -0.0778. The molecule has 4 aliphatic rings. The van der Waals surface area contributed by atoms with Gasteiger partial charge >= 0.3 is 0 Å². The molecule has 1 amide bonds. The van der Waals surface area contributed by atoms with Crippen molar-refractivity contribution in [3.8, 4) is 17.0 Å². The fourth-order valence-corrected chi connectivity index (χ4v) is 7.25. The summed E-state index contributed by atoms with van der Waals surface area (Å²) in [6, 6.07) is 14.6. The van der Waals surface area contributed by atoms with Crippen molar-refractivity contribution in [1.82, 2.24) is 25.3 Å². The van der Waals surface area contributed by atoms with E-state index in [1.54, 1.807) is 0 Å². The van der Waals surface area contributed by atoms with Crippen molar-refractivity contribution in [2.24, 2.45) is 0 Å². The molecule has 4 heterocycles. The molecule has 42 heavy (non-hydrogen) atoms. The molecule has 224 valence electrons. The van der Waals surface area contributed by atoms with Gasteiger partial charge in [0.1, 0.15) is 11.9 Å². The van der Waals surface area contributed by atoms with Gasteiger partial charge in [-0.05, 0) is 68.1 Å². The van der Waals surface area contributed by atoms with Crippen molar-refractivity contribution < 1.29 is 19.0 Å². The number of hydrogen-bond acceptors (Lipinski definition) is 7. The highest BCUT2D eigenvalue weighted by molar-refractivity contribution is 6.01. The lowest BCUT2D eigenvalue weighted by Crippen LogP contribution is -2.59. The van der Waals surface area contributed by atoms with Gasteiger partial charge in [-0.25, -0.2) is 0 Å². The maximum absolute atomic E-state index is 13.4. The summed E-state index contributed by atoms with van der Waals surface area (Å²) in [5, 5.41) is 12.0. The maximum atomic E-state index is 13.4. The Kier molecular flexibility index (Phi) is 8.17. The normalized spacial score (nSPS) is 22.6. The van der Waals surface area contributed by atoms with Gasteiger partial charge in [0.25, 0.3) is 5.91 Å². The van der Waals surface area contributed by atoms with E-state index in [-0.39, 0.29) is 17.6 Å². The summed E-state index contributed by atoms with van der Waals surface area (Å²) in [7, 11) is 0. The second kappa shape index (κ2) is 12.3. The second-order valence-corrected chi connectivity index (χ2v) is 12.5. The molecule has 3 saturated heterocycles. The van der Waals surface area contributed by atoms with E-state index in [0.29, 0.717) is 18.2 Å². The van der Waals surface area contributed by atoms with Gasteiger partial charge in [-0.15, -0.1) is 0 Å². The third-order valence-electron chi connectivity index (χ3n) is 9.91. The molecule has 2 N–H and O–H groups in total. The van der Waals surface area contributed by atoms with E-state index in [9.17, 15) is 4.79 Å². The number of hydrogen-bond donors (Lipinski definition) is 2. The van der Waals surface area contributed by atoms with Gasteiger partial charge in [-0.3, -0.25) is 19.7 Å². The van der Waals surface area contributed by atoms with Crippen LogP contribution in [0.2, 0.25) is 0 Å². The smallest absolute Gasteiger partial charge is 0.251 e. The number of piperidine rings is 1. The number of aromatic amines is 1. The van der Waals surface area contributed by atoms with Crippen molar-refractivity contribution in [2.45, 2.75) is 62.6 Å². The van der Waals surface area contributed by atoms with Crippen molar-refractivity contribution in [3.05, 3.63) is 48.0 Å². The fourth-order valence-electron chi connectivity index (χ4n) is 7.25. The van der Waals surface area contributed by atoms with Crippen LogP contribution in [0.25, 0.3) is 22.2 Å². The van der Waals surface area contributed by atoms with Crippen LogP contribution in [0.15, 0.2) is 42.5 Å². The van der Waals surface area contributed by atoms with E-state index in [1.165, 1.54) is 19.3 Å². The zero-order chi connectivity index (χ0) is 28.4. The van der Waals surface area contributed by atoms with Crippen LogP contribution < -0.4 is 10.1 Å². The number of amides is 1. The maximum Gasteiger partial charge on any atom is 0.251 e. The Morgan fingerprint density at radius 2 is 1.74 bits per heavy atom. The van der Waals surface area contributed by atoms with E-state index >= 15 is 0 Å². The summed E-state index contributed by atoms with van der Waals surface area (Å²) in [5.41, 5.74) is 3.47. The SMILES string of the molecule is O=C(NCC1(N2CCOCC2)CCCCC1)c1ccc2[nH]nc(-c3ccc(OC4CCN(C5COC5)CC4)cc3)c2c1. The highest BCUT2D eigenvalue weighted by atomic mass is 16.5. The first-order chi connectivity index (χ1) is 20.7. The van der Waals surface area contributed by atoms with Gasteiger partial charge in [0.2, 0.25) is 0 Å². The molecule has 1 aromatic heterocycles. The topological polar surface area (TPSA) is 92.0 Å². The summed E-state index contributed by atoms with van der Waals surface area (Å²) in [5.74, 6) is 0.864. The number of ether oxygens (including phenoxy) is 3. The van der Waals surface area contributed by atoms with Gasteiger partial charge in [0.15, 0.2) is 0 Å². The van der Waals surface area contributed by atoms with Crippen molar-refractivity contribution >= 4 is 16.8 Å². The molecule has 7 rings (SSSR count). The van der Waals surface area contributed by atoms with E-state index in [0.717, 1.165) is 106 Å². The third kappa shape index (κ3) is 5.80. The van der Waals surface area contributed by atoms with Crippen LogP contribution in [-0.2, 0) is 9.47 Å². The minimum absolute atomic E-state index is 0.0260. The number of likely N-dealkylation sites (tertiary alicyclic amines) is 1. The largest absolute Gasteiger partial charge is 0.490 e. The van der Waals surface area contributed by atoms with Gasteiger partial charge in [-0.1, -0.05) is 19.3 Å². The van der Waals surface area contributed by atoms with E-state index in [1.807, 2.05) is 30.3 Å². The minimum atomic E-state index is -0.0260. The van der Waals surface area contributed by atoms with Crippen LogP contribution in [0.4, 0.5) is 0 Å². The fraction of sp³-hybridized carbons (Fsp3) is 0.576. The lowest BCUT2D eigenvalue weighted by Gasteiger charge is -2.48. The number of H-pyrrole nitrogens is 1. The summed E-state index contributed by atoms with van der Waals surface area (Å²) in [4.78, 5) is 18.5. The first-order valence-corrected chi connectivity index (χ1v) is 15.8. The average molecular weight is 574 g/mol. The molecule has 0 bridgehead atoms. The van der Waals surface area contributed by atoms with E-state index in [2.05, 4.69) is 37.4 Å². The number of morpholine rings is 1. The van der Waals surface area contributed by atoms with Crippen molar-refractivity contribution in [2.75, 3.05) is 59.2 Å². The zero-order valence-electron chi connectivity index (χ0n) is 24.5. The molecule has 4 fully saturated rings. The van der Waals surface area contributed by atoms with Crippen LogP contribution >= 0.6 is 0 Å². The first kappa shape index (κ1) is 27.8. The Morgan fingerprint density at radius 3 is 2.45 bits per heavy atom. The Morgan fingerprint density at radius 1 is 0.976 bits per heavy atom. The monoisotopic (exact) mass is 573 g/mol. The quantitative estimate of drug-likeness (QED) is 0.417. The van der Waals surface area contributed by atoms with E-state index < -0.39 is 0 Å². The van der Waals surface area contributed by atoms with Crippen LogP contribution in [0, 0.1) is 0 Å². The standard InChI is InChI=1S/C33H43N5O4/c39-32(34-23-33(12-2-1-3-13-33)38-16-18-40-19-17-38)25-6-9-30-29(20-25)31(36-35-30)24-4-7-27(8-5-24)42-28-10-14-37(15-11-28)26-21-41-22-26/h4-9,20,26,28H,1-3,10-19,21-23H2,(H,34,39)(H,35,36). The summed E-state index contributed by atoms with van der Waals surface area (Å²) in [6.45, 7) is 8.00. The number of carbonyl (C=O) groups is 1. The van der Waals surface area contributed by atoms with E-state index in [4.69, 9.17) is 14.2 Å². The number of rotatable bonds is 8. The van der Waals surface area contributed by atoms with Crippen molar-refractivity contribution in [3.63, 3.8) is 0 Å². The number of benzene rings is 2. The number of nitrogens with zero attached hydrogens (tertiary/aromatic N) is 3. The molecule has 1 saturated carbocycles. The molecule has 3 aromatic rings. The molecule has 0 radical (unpaired) electrons. The molecule has 0 atom stereocenters. The number of aromatic nitrogens is 2. The van der Waals surface area contributed by atoms with Gasteiger partial charge in [0, 0.05) is 54.8 Å². The van der Waals surface area contributed by atoms with Gasteiger partial charge < -0.3 is 19.5 Å². The van der Waals surface area contributed by atoms with Crippen LogP contribution in [0.1, 0.15) is 55.3 Å². The first-order valence-electron chi connectivity index (χ1n) is 15.8. The highest BCUT2D eigenvalue weighted by Gasteiger charge is 2.39. The summed E-state index contributed by atoms with van der Waals surface area (Å²) in [6.07, 6.45) is 8.31. The molecule has 3 aliphatic heterocycles. The third-order valence-corrected chi connectivity index (χ3v) is 9.91. The van der Waals surface area contributed by atoms with Crippen LogP contribution in [0.3, 0.4) is 0 Å².